The maximum Gasteiger partial charge on any atom is 0.208 e. The molecule has 0 spiro atoms. The van der Waals surface area contributed by atoms with Gasteiger partial charge in [-0.05, 0) is 30.2 Å². The first-order chi connectivity index (χ1) is 5.22. The number of carbonyl (C=O) groups is 1. The van der Waals surface area contributed by atoms with Crippen molar-refractivity contribution in [2.45, 2.75) is 6.92 Å². The summed E-state index contributed by atoms with van der Waals surface area (Å²) < 4.78 is 12.3. The molecule has 0 amide bonds. The molecule has 0 atom stereocenters. The summed E-state index contributed by atoms with van der Waals surface area (Å²) in [6, 6.07) is 6.70. The van der Waals surface area contributed by atoms with Crippen LogP contribution in [-0.4, -0.2) is 5.75 Å². The predicted molar refractivity (Wildman–Crippen MR) is 43.7 cm³/mol. The monoisotopic (exact) mass is 174 g/mol. The Labute approximate surface area is 69.8 Å². The van der Waals surface area contributed by atoms with Crippen molar-refractivity contribution in [1.82, 2.24) is 0 Å². The molecule has 0 aromatic heterocycles. The summed E-state index contributed by atoms with van der Waals surface area (Å²) in [5.41, 5.74) is 0.701. The molecule has 1 aromatic carbocycles. The first kappa shape index (κ1) is 10.1. The minimum absolute atomic E-state index is 0.132. The maximum absolute atomic E-state index is 12.3. The van der Waals surface area contributed by atoms with Crippen LogP contribution in [0.1, 0.15) is 5.56 Å². The molecule has 0 saturated heterocycles. The van der Waals surface area contributed by atoms with Crippen LogP contribution in [0.25, 0.3) is 0 Å². The van der Waals surface area contributed by atoms with Gasteiger partial charge in [-0.1, -0.05) is 18.2 Å². The molecule has 1 rings (SSSR count). The zero-order chi connectivity index (χ0) is 8.69. The van der Waals surface area contributed by atoms with Crippen molar-refractivity contribution >= 4 is 17.3 Å². The maximum atomic E-state index is 12.3. The molecule has 0 N–H and O–H groups in total. The molecule has 0 fully saturated rings. The normalized spacial score (nSPS) is 7.91. The molecule has 0 aliphatic carbocycles. The third-order valence-corrected chi connectivity index (χ3v) is 1.08. The Bertz CT molecular complexity index is 204. The molecule has 0 heterocycles. The van der Waals surface area contributed by atoms with E-state index in [9.17, 15) is 4.39 Å². The highest BCUT2D eigenvalue weighted by Crippen LogP contribution is 2.01. The first-order valence-corrected chi connectivity index (χ1v) is 3.41. The molecular weight excluding hydrogens is 167 g/mol. The van der Waals surface area contributed by atoms with Crippen molar-refractivity contribution < 1.29 is 9.18 Å². The summed E-state index contributed by atoms with van der Waals surface area (Å²) >= 11 is 4.32. The van der Waals surface area contributed by atoms with E-state index in [0.717, 1.165) is 0 Å². The Hall–Kier alpha value is -0.890. The second-order valence-corrected chi connectivity index (χ2v) is 2.02. The number of benzene rings is 1. The molecule has 60 valence electrons. The molecule has 0 radical (unpaired) electrons. The van der Waals surface area contributed by atoms with Crippen LogP contribution in [0.5, 0.6) is 0 Å². The van der Waals surface area contributed by atoms with Crippen LogP contribution in [0.4, 0.5) is 4.39 Å². The van der Waals surface area contributed by atoms with Crippen LogP contribution in [0.15, 0.2) is 24.3 Å². The minimum Gasteiger partial charge on any atom is -0.285 e. The third kappa shape index (κ3) is 4.51. The fraction of sp³-hybridized carbons (Fsp3) is 0.125. The second-order valence-electron chi connectivity index (χ2n) is 1.84. The molecule has 3 heteroatoms. The van der Waals surface area contributed by atoms with Gasteiger partial charge < -0.3 is 0 Å². The summed E-state index contributed by atoms with van der Waals surface area (Å²) in [4.78, 5) is 8.57. The molecule has 1 aromatic rings. The Balaban J connectivity index is 0.000000292. The molecular formula is C8H8ClFO. The number of halogens is 2. The average Bonchev–Trinajstić information content (AvgIpc) is 1.97. The van der Waals surface area contributed by atoms with Gasteiger partial charge in [0.15, 0.2) is 0 Å². The predicted octanol–water partition coefficient (Wildman–Crippen LogP) is 2.55. The molecule has 0 aliphatic rings. The van der Waals surface area contributed by atoms with E-state index in [0.29, 0.717) is 5.56 Å². The van der Waals surface area contributed by atoms with Gasteiger partial charge in [0.25, 0.3) is 0 Å². The summed E-state index contributed by atoms with van der Waals surface area (Å²) in [7, 11) is 0. The Kier molecular flexibility index (Phi) is 5.39. The summed E-state index contributed by atoms with van der Waals surface area (Å²) in [6.07, 6.45) is 0. The number of hydrogen-bond donors (Lipinski definition) is 0. The van der Waals surface area contributed by atoms with E-state index in [-0.39, 0.29) is 11.6 Å². The summed E-state index contributed by atoms with van der Waals surface area (Å²) in [5, 5.41) is 0. The van der Waals surface area contributed by atoms with E-state index in [1.165, 1.54) is 6.07 Å². The summed E-state index contributed by atoms with van der Waals surface area (Å²) in [5.74, 6) is 0.0903. The number of aryl methyl sites for hydroxylation is 1. The van der Waals surface area contributed by atoms with Crippen molar-refractivity contribution in [2.75, 3.05) is 0 Å². The number of hydrogen-bond acceptors (Lipinski definition) is 1. The van der Waals surface area contributed by atoms with Crippen molar-refractivity contribution in [3.63, 3.8) is 0 Å². The van der Waals surface area contributed by atoms with Crippen LogP contribution in [0.2, 0.25) is 0 Å². The van der Waals surface area contributed by atoms with E-state index in [4.69, 9.17) is 4.79 Å². The zero-order valence-corrected chi connectivity index (χ0v) is 6.81. The Morgan fingerprint density at radius 2 is 1.91 bits per heavy atom. The molecule has 0 bridgehead atoms. The minimum atomic E-state index is -0.132. The van der Waals surface area contributed by atoms with Gasteiger partial charge in [-0.15, -0.1) is 0 Å². The molecule has 0 aliphatic heterocycles. The van der Waals surface area contributed by atoms with E-state index in [2.05, 4.69) is 11.6 Å². The van der Waals surface area contributed by atoms with Gasteiger partial charge in [0.05, 0.1) is 0 Å². The van der Waals surface area contributed by atoms with Gasteiger partial charge in [-0.2, -0.15) is 0 Å². The van der Waals surface area contributed by atoms with Gasteiger partial charge in [0.2, 0.25) is 5.75 Å². The van der Waals surface area contributed by atoms with Gasteiger partial charge >= 0.3 is 0 Å². The fourth-order valence-corrected chi connectivity index (χ4v) is 0.551. The smallest absolute Gasteiger partial charge is 0.208 e. The number of carbonyl (C=O) groups excluding carboxylic acids is 1. The highest BCUT2D eigenvalue weighted by atomic mass is 35.5. The largest absolute Gasteiger partial charge is 0.285 e. The van der Waals surface area contributed by atoms with E-state index < -0.39 is 0 Å². The lowest BCUT2D eigenvalue weighted by molar-refractivity contribution is 0.569. The van der Waals surface area contributed by atoms with Gasteiger partial charge in [-0.25, -0.2) is 4.39 Å². The van der Waals surface area contributed by atoms with E-state index >= 15 is 0 Å². The second kappa shape index (κ2) is 5.86. The molecule has 1 nitrogen and oxygen atoms in total. The van der Waals surface area contributed by atoms with Gasteiger partial charge in [-0.3, -0.25) is 4.79 Å². The zero-order valence-electron chi connectivity index (χ0n) is 6.05. The van der Waals surface area contributed by atoms with Crippen LogP contribution >= 0.6 is 11.6 Å². The lowest BCUT2D eigenvalue weighted by atomic mass is 10.2. The van der Waals surface area contributed by atoms with E-state index in [1.54, 1.807) is 19.1 Å². The quantitative estimate of drug-likeness (QED) is 0.437. The van der Waals surface area contributed by atoms with Gasteiger partial charge in [0.1, 0.15) is 5.82 Å². The van der Waals surface area contributed by atoms with Crippen molar-refractivity contribution in [1.29, 1.82) is 0 Å². The Morgan fingerprint density at radius 1 is 1.45 bits per heavy atom. The SMILES string of the molecule is Cc1ccccc1F.O=CCl. The average molecular weight is 175 g/mol. The topological polar surface area (TPSA) is 17.1 Å². The van der Waals surface area contributed by atoms with Crippen molar-refractivity contribution in [2.24, 2.45) is 0 Å². The van der Waals surface area contributed by atoms with Gasteiger partial charge in [0, 0.05) is 0 Å². The summed E-state index contributed by atoms with van der Waals surface area (Å²) in [6.45, 7) is 1.75. The molecule has 11 heavy (non-hydrogen) atoms. The highest BCUT2D eigenvalue weighted by molar-refractivity contribution is 6.54. The lowest BCUT2D eigenvalue weighted by Crippen LogP contribution is -1.76. The van der Waals surface area contributed by atoms with Crippen LogP contribution in [0.3, 0.4) is 0 Å². The number of rotatable bonds is 0. The Morgan fingerprint density at radius 3 is 2.18 bits per heavy atom. The van der Waals surface area contributed by atoms with E-state index in [1.807, 2.05) is 6.07 Å². The fourth-order valence-electron chi connectivity index (χ4n) is 0.551. The lowest BCUT2D eigenvalue weighted by Gasteiger charge is -1.89. The van der Waals surface area contributed by atoms with Crippen LogP contribution in [-0.2, 0) is 4.79 Å². The standard InChI is InChI=1S/C7H7F.CHClO/c1-6-4-2-3-5-7(6)8;2-1-3/h2-5H,1H3;1H. The molecule has 0 saturated carbocycles. The van der Waals surface area contributed by atoms with Crippen molar-refractivity contribution in [3.8, 4) is 0 Å². The first-order valence-electron chi connectivity index (χ1n) is 2.97. The molecule has 0 unspecified atom stereocenters. The van der Waals surface area contributed by atoms with Crippen LogP contribution in [0, 0.1) is 12.7 Å². The third-order valence-electron chi connectivity index (χ3n) is 1.08. The van der Waals surface area contributed by atoms with Crippen LogP contribution < -0.4 is 0 Å². The van der Waals surface area contributed by atoms with Crippen molar-refractivity contribution in [3.05, 3.63) is 35.6 Å². The highest BCUT2D eigenvalue weighted by Gasteiger charge is 1.88.